The third kappa shape index (κ3) is 4.92. The molecule has 0 radical (unpaired) electrons. The van der Waals surface area contributed by atoms with E-state index in [1.54, 1.807) is 36.7 Å². The number of anilines is 1. The van der Waals surface area contributed by atoms with Crippen LogP contribution in [0.4, 0.5) is 10.5 Å². The van der Waals surface area contributed by atoms with Crippen molar-refractivity contribution in [2.24, 2.45) is 0 Å². The maximum atomic E-state index is 12.7. The molecule has 1 heterocycles. The fraction of sp³-hybridized carbons (Fsp3) is 0.0952. The zero-order chi connectivity index (χ0) is 19.1. The van der Waals surface area contributed by atoms with Gasteiger partial charge in [0.05, 0.1) is 17.8 Å². The minimum Gasteiger partial charge on any atom is -0.478 e. The van der Waals surface area contributed by atoms with E-state index in [0.29, 0.717) is 5.69 Å². The number of hydrogen-bond acceptors (Lipinski definition) is 4. The number of ether oxygens (including phenoxy) is 1. The minimum atomic E-state index is -0.991. The van der Waals surface area contributed by atoms with Crippen molar-refractivity contribution in [2.75, 3.05) is 4.90 Å². The summed E-state index contributed by atoms with van der Waals surface area (Å²) in [5.41, 5.74) is 2.52. The van der Waals surface area contributed by atoms with Crippen molar-refractivity contribution in [3.05, 3.63) is 95.8 Å². The molecule has 0 aliphatic heterocycles. The van der Waals surface area contributed by atoms with E-state index in [0.717, 1.165) is 11.1 Å². The summed E-state index contributed by atoms with van der Waals surface area (Å²) in [6.45, 7) is 0.413. The highest BCUT2D eigenvalue weighted by atomic mass is 16.6. The molecule has 1 amide bonds. The van der Waals surface area contributed by atoms with Crippen LogP contribution in [0.1, 0.15) is 21.5 Å². The first-order valence-electron chi connectivity index (χ1n) is 8.34. The van der Waals surface area contributed by atoms with Gasteiger partial charge in [0, 0.05) is 12.4 Å². The molecule has 3 aromatic rings. The van der Waals surface area contributed by atoms with Gasteiger partial charge in [0.1, 0.15) is 6.61 Å². The van der Waals surface area contributed by atoms with Crippen LogP contribution in [0.2, 0.25) is 0 Å². The second-order valence-corrected chi connectivity index (χ2v) is 5.83. The van der Waals surface area contributed by atoms with E-state index in [2.05, 4.69) is 4.98 Å². The summed E-state index contributed by atoms with van der Waals surface area (Å²) in [7, 11) is 0. The third-order valence-corrected chi connectivity index (χ3v) is 3.94. The monoisotopic (exact) mass is 362 g/mol. The summed E-state index contributed by atoms with van der Waals surface area (Å²) in [4.78, 5) is 29.1. The number of carbonyl (C=O) groups excluding carboxylic acids is 1. The second kappa shape index (κ2) is 8.62. The number of rotatable bonds is 6. The molecule has 0 bridgehead atoms. The topological polar surface area (TPSA) is 79.7 Å². The van der Waals surface area contributed by atoms with E-state index in [9.17, 15) is 9.59 Å². The number of benzene rings is 2. The Morgan fingerprint density at radius 1 is 0.889 bits per heavy atom. The van der Waals surface area contributed by atoms with Gasteiger partial charge in [-0.05, 0) is 35.4 Å². The predicted molar refractivity (Wildman–Crippen MR) is 100 cm³/mol. The Bertz CT molecular complexity index is 896. The van der Waals surface area contributed by atoms with E-state index < -0.39 is 12.1 Å². The summed E-state index contributed by atoms with van der Waals surface area (Å²) < 4.78 is 5.45. The van der Waals surface area contributed by atoms with Gasteiger partial charge in [-0.25, -0.2) is 9.59 Å². The average Bonchev–Trinajstić information content (AvgIpc) is 2.72. The average molecular weight is 362 g/mol. The number of carboxylic acids is 1. The Balaban J connectivity index is 1.76. The Morgan fingerprint density at radius 2 is 1.56 bits per heavy atom. The van der Waals surface area contributed by atoms with E-state index in [1.807, 2.05) is 30.3 Å². The summed E-state index contributed by atoms with van der Waals surface area (Å²) in [6.07, 6.45) is 2.70. The third-order valence-electron chi connectivity index (χ3n) is 3.94. The van der Waals surface area contributed by atoms with Crippen molar-refractivity contribution in [3.8, 4) is 0 Å². The molecule has 0 atom stereocenters. The van der Waals surface area contributed by atoms with E-state index in [4.69, 9.17) is 9.84 Å². The summed E-state index contributed by atoms with van der Waals surface area (Å²) >= 11 is 0. The Kier molecular flexibility index (Phi) is 5.79. The van der Waals surface area contributed by atoms with Gasteiger partial charge in [0.2, 0.25) is 0 Å². The van der Waals surface area contributed by atoms with Gasteiger partial charge >= 0.3 is 12.1 Å². The fourth-order valence-corrected chi connectivity index (χ4v) is 2.52. The fourth-order valence-electron chi connectivity index (χ4n) is 2.52. The first-order chi connectivity index (χ1) is 13.1. The van der Waals surface area contributed by atoms with Crippen LogP contribution in [-0.2, 0) is 17.9 Å². The molecular weight excluding hydrogens is 344 g/mol. The number of pyridine rings is 1. The Labute approximate surface area is 156 Å². The molecule has 1 N–H and O–H groups in total. The summed E-state index contributed by atoms with van der Waals surface area (Å²) in [6, 6.07) is 19.3. The molecule has 2 aromatic carbocycles. The molecule has 0 saturated heterocycles. The minimum absolute atomic E-state index is 0.166. The molecule has 27 heavy (non-hydrogen) atoms. The largest absolute Gasteiger partial charge is 0.478 e. The highest BCUT2D eigenvalue weighted by molar-refractivity contribution is 5.88. The molecule has 0 aliphatic rings. The van der Waals surface area contributed by atoms with Gasteiger partial charge in [-0.1, -0.05) is 42.5 Å². The molecule has 0 fully saturated rings. The molecule has 0 unspecified atom stereocenters. The van der Waals surface area contributed by atoms with Crippen LogP contribution < -0.4 is 4.90 Å². The number of nitrogens with zero attached hydrogens (tertiary/aromatic N) is 2. The Hall–Kier alpha value is -3.67. The lowest BCUT2D eigenvalue weighted by Crippen LogP contribution is -2.31. The Morgan fingerprint density at radius 3 is 2.19 bits per heavy atom. The molecule has 6 nitrogen and oxygen atoms in total. The first-order valence-corrected chi connectivity index (χ1v) is 8.34. The molecule has 0 spiro atoms. The van der Waals surface area contributed by atoms with Gasteiger partial charge in [0.15, 0.2) is 0 Å². The van der Waals surface area contributed by atoms with Crippen LogP contribution in [0.3, 0.4) is 0 Å². The molecule has 136 valence electrons. The van der Waals surface area contributed by atoms with Crippen molar-refractivity contribution >= 4 is 17.7 Å². The van der Waals surface area contributed by atoms with Crippen LogP contribution in [-0.4, -0.2) is 22.2 Å². The summed E-state index contributed by atoms with van der Waals surface area (Å²) in [5, 5.41) is 9.01. The van der Waals surface area contributed by atoms with Crippen LogP contribution in [0.25, 0.3) is 0 Å². The SMILES string of the molecule is O=C(O)c1ccc(CN(C(=O)OCc2ccccc2)c2ccncc2)cc1. The van der Waals surface area contributed by atoms with Crippen molar-refractivity contribution in [1.82, 2.24) is 4.98 Å². The highest BCUT2D eigenvalue weighted by Gasteiger charge is 2.18. The van der Waals surface area contributed by atoms with Crippen LogP contribution >= 0.6 is 0 Å². The van der Waals surface area contributed by atoms with Gasteiger partial charge < -0.3 is 9.84 Å². The molecular formula is C21H18N2O4. The molecule has 1 aromatic heterocycles. The summed E-state index contributed by atoms with van der Waals surface area (Å²) in [5.74, 6) is -0.991. The van der Waals surface area contributed by atoms with Crippen LogP contribution in [0.5, 0.6) is 0 Å². The van der Waals surface area contributed by atoms with Crippen molar-refractivity contribution < 1.29 is 19.4 Å². The number of hydrogen-bond donors (Lipinski definition) is 1. The lowest BCUT2D eigenvalue weighted by molar-refractivity contribution is 0.0696. The number of carboxylic acid groups (broad SMARTS) is 1. The van der Waals surface area contributed by atoms with Gasteiger partial charge in [-0.2, -0.15) is 0 Å². The van der Waals surface area contributed by atoms with Gasteiger partial charge in [-0.15, -0.1) is 0 Å². The lowest BCUT2D eigenvalue weighted by Gasteiger charge is -2.22. The smallest absolute Gasteiger partial charge is 0.414 e. The van der Waals surface area contributed by atoms with E-state index in [-0.39, 0.29) is 18.7 Å². The lowest BCUT2D eigenvalue weighted by atomic mass is 10.1. The predicted octanol–water partition coefficient (Wildman–Crippen LogP) is 4.12. The zero-order valence-electron chi connectivity index (χ0n) is 14.5. The second-order valence-electron chi connectivity index (χ2n) is 5.83. The number of aromatic nitrogens is 1. The van der Waals surface area contributed by atoms with Crippen molar-refractivity contribution in [1.29, 1.82) is 0 Å². The van der Waals surface area contributed by atoms with Crippen molar-refractivity contribution in [3.63, 3.8) is 0 Å². The number of carbonyl (C=O) groups is 2. The van der Waals surface area contributed by atoms with E-state index >= 15 is 0 Å². The van der Waals surface area contributed by atoms with E-state index in [1.165, 1.54) is 17.0 Å². The maximum absolute atomic E-state index is 12.7. The molecule has 0 aliphatic carbocycles. The molecule has 3 rings (SSSR count). The number of amides is 1. The van der Waals surface area contributed by atoms with Gasteiger partial charge in [0.25, 0.3) is 0 Å². The molecule has 0 saturated carbocycles. The highest BCUT2D eigenvalue weighted by Crippen LogP contribution is 2.18. The van der Waals surface area contributed by atoms with Crippen LogP contribution in [0, 0.1) is 0 Å². The van der Waals surface area contributed by atoms with Crippen molar-refractivity contribution in [2.45, 2.75) is 13.2 Å². The maximum Gasteiger partial charge on any atom is 0.414 e. The normalized spacial score (nSPS) is 10.2. The zero-order valence-corrected chi connectivity index (χ0v) is 14.5. The molecule has 6 heteroatoms. The quantitative estimate of drug-likeness (QED) is 0.713. The van der Waals surface area contributed by atoms with Gasteiger partial charge in [-0.3, -0.25) is 9.88 Å². The first kappa shape index (κ1) is 18.1. The van der Waals surface area contributed by atoms with Crippen LogP contribution in [0.15, 0.2) is 79.1 Å². The standard InChI is InChI=1S/C21H18N2O4/c24-20(25)18-8-6-16(7-9-18)14-23(19-10-12-22-13-11-19)21(26)27-15-17-4-2-1-3-5-17/h1-13H,14-15H2,(H,24,25). The number of aromatic carboxylic acids is 1.